The zero-order valence-electron chi connectivity index (χ0n) is 11.0. The molecule has 0 aliphatic carbocycles. The van der Waals surface area contributed by atoms with Crippen LogP contribution in [-0.4, -0.2) is 33.9 Å². The molecule has 6 nitrogen and oxygen atoms in total. The van der Waals surface area contributed by atoms with Crippen molar-refractivity contribution in [1.82, 2.24) is 0 Å². The van der Waals surface area contributed by atoms with Gasteiger partial charge in [0.1, 0.15) is 0 Å². The first-order chi connectivity index (χ1) is 9.40. The summed E-state index contributed by atoms with van der Waals surface area (Å²) in [5.74, 6) is -1.25. The van der Waals surface area contributed by atoms with Gasteiger partial charge in [-0.05, 0) is 31.2 Å². The van der Waals surface area contributed by atoms with Gasteiger partial charge < -0.3 is 16.2 Å². The maximum atomic E-state index is 11.8. The van der Waals surface area contributed by atoms with Gasteiger partial charge in [-0.1, -0.05) is 0 Å². The second kappa shape index (κ2) is 7.54. The third-order valence-electron chi connectivity index (χ3n) is 2.49. The molecule has 0 saturated heterocycles. The number of benzene rings is 1. The number of carbonyl (C=O) groups is 3. The second-order valence-electron chi connectivity index (χ2n) is 4.09. The van der Waals surface area contributed by atoms with Gasteiger partial charge in [0.15, 0.2) is 0 Å². The second-order valence-corrected chi connectivity index (χ2v) is 5.54. The molecule has 0 aromatic heterocycles. The molecule has 1 rings (SSSR count). The van der Waals surface area contributed by atoms with Gasteiger partial charge in [-0.15, -0.1) is 11.8 Å². The van der Waals surface area contributed by atoms with Crippen LogP contribution in [0.1, 0.15) is 23.7 Å². The first-order valence-electron chi connectivity index (χ1n) is 5.94. The Morgan fingerprint density at radius 3 is 2.40 bits per heavy atom. The van der Waals surface area contributed by atoms with Crippen molar-refractivity contribution in [3.63, 3.8) is 0 Å². The van der Waals surface area contributed by atoms with Crippen LogP contribution in [-0.2, 0) is 9.59 Å². The highest BCUT2D eigenvalue weighted by atomic mass is 32.2. The Labute approximate surface area is 120 Å². The van der Waals surface area contributed by atoms with Crippen LogP contribution in [0.3, 0.4) is 0 Å². The molecule has 1 atom stereocenters. The van der Waals surface area contributed by atoms with E-state index in [0.29, 0.717) is 17.0 Å². The van der Waals surface area contributed by atoms with E-state index in [-0.39, 0.29) is 17.6 Å². The summed E-state index contributed by atoms with van der Waals surface area (Å²) in [6.45, 7) is 1.71. The van der Waals surface area contributed by atoms with E-state index in [1.54, 1.807) is 19.1 Å². The van der Waals surface area contributed by atoms with E-state index in [4.69, 9.17) is 10.8 Å². The number of carboxylic acid groups (broad SMARTS) is 1. The smallest absolute Gasteiger partial charge is 0.304 e. The van der Waals surface area contributed by atoms with Crippen molar-refractivity contribution in [3.8, 4) is 0 Å². The van der Waals surface area contributed by atoms with Gasteiger partial charge in [-0.2, -0.15) is 0 Å². The third kappa shape index (κ3) is 5.31. The number of hydrogen-bond donors (Lipinski definition) is 3. The van der Waals surface area contributed by atoms with Crippen LogP contribution in [0.15, 0.2) is 24.3 Å². The van der Waals surface area contributed by atoms with Gasteiger partial charge in [0, 0.05) is 17.0 Å². The summed E-state index contributed by atoms with van der Waals surface area (Å²) in [7, 11) is 0. The fraction of sp³-hybridized carbons (Fsp3) is 0.308. The molecule has 0 saturated carbocycles. The molecule has 0 fully saturated rings. The molecular weight excluding hydrogens is 280 g/mol. The molecule has 0 heterocycles. The fourth-order valence-corrected chi connectivity index (χ4v) is 2.22. The lowest BCUT2D eigenvalue weighted by Crippen LogP contribution is -2.23. The molecule has 1 aromatic carbocycles. The van der Waals surface area contributed by atoms with Crippen molar-refractivity contribution in [2.45, 2.75) is 18.6 Å². The summed E-state index contributed by atoms with van der Waals surface area (Å²) in [5, 5.41) is 10.8. The standard InChI is InChI=1S/C13H16N2O4S/c1-8(20-7-6-11(16)17)13(19)15-10-4-2-9(3-5-10)12(14)18/h2-5,8H,6-7H2,1H3,(H2,14,18)(H,15,19)(H,16,17)/t8-/m1/s1. The molecule has 2 amide bonds. The predicted molar refractivity (Wildman–Crippen MR) is 77.8 cm³/mol. The number of amides is 2. The molecule has 108 valence electrons. The highest BCUT2D eigenvalue weighted by Crippen LogP contribution is 2.15. The Balaban J connectivity index is 2.48. The van der Waals surface area contributed by atoms with E-state index in [1.807, 2.05) is 0 Å². The Hall–Kier alpha value is -2.02. The molecule has 4 N–H and O–H groups in total. The van der Waals surface area contributed by atoms with E-state index >= 15 is 0 Å². The highest BCUT2D eigenvalue weighted by molar-refractivity contribution is 8.00. The van der Waals surface area contributed by atoms with E-state index in [9.17, 15) is 14.4 Å². The first kappa shape index (κ1) is 16.0. The Morgan fingerprint density at radius 1 is 1.30 bits per heavy atom. The summed E-state index contributed by atoms with van der Waals surface area (Å²) in [4.78, 5) is 33.1. The van der Waals surface area contributed by atoms with E-state index < -0.39 is 11.9 Å². The van der Waals surface area contributed by atoms with Crippen LogP contribution in [0.5, 0.6) is 0 Å². The Bertz CT molecular complexity index is 502. The van der Waals surface area contributed by atoms with Crippen molar-refractivity contribution in [2.24, 2.45) is 5.73 Å². The van der Waals surface area contributed by atoms with Crippen molar-refractivity contribution < 1.29 is 19.5 Å². The maximum Gasteiger partial charge on any atom is 0.304 e. The summed E-state index contributed by atoms with van der Waals surface area (Å²) >= 11 is 1.27. The number of carboxylic acids is 1. The number of hydrogen-bond acceptors (Lipinski definition) is 4. The molecule has 7 heteroatoms. The van der Waals surface area contributed by atoms with E-state index in [1.165, 1.54) is 23.9 Å². The number of primary amides is 1. The lowest BCUT2D eigenvalue weighted by Gasteiger charge is -2.11. The minimum absolute atomic E-state index is 0.0234. The summed E-state index contributed by atoms with van der Waals surface area (Å²) in [5.41, 5.74) is 6.04. The van der Waals surface area contributed by atoms with Gasteiger partial charge in [0.2, 0.25) is 11.8 Å². The Morgan fingerprint density at radius 2 is 1.90 bits per heavy atom. The van der Waals surface area contributed by atoms with Gasteiger partial charge in [0.05, 0.1) is 11.7 Å². The molecule has 0 spiro atoms. The minimum atomic E-state index is -0.882. The van der Waals surface area contributed by atoms with Crippen molar-refractivity contribution in [1.29, 1.82) is 0 Å². The monoisotopic (exact) mass is 296 g/mol. The summed E-state index contributed by atoms with van der Waals surface area (Å²) < 4.78 is 0. The zero-order valence-corrected chi connectivity index (χ0v) is 11.8. The molecule has 0 radical (unpaired) electrons. The number of carbonyl (C=O) groups excluding carboxylic acids is 2. The summed E-state index contributed by atoms with van der Waals surface area (Å²) in [6.07, 6.45) is 0.0234. The van der Waals surface area contributed by atoms with Crippen LogP contribution < -0.4 is 11.1 Å². The largest absolute Gasteiger partial charge is 0.481 e. The molecule has 0 bridgehead atoms. The van der Waals surface area contributed by atoms with Crippen molar-refractivity contribution in [3.05, 3.63) is 29.8 Å². The quantitative estimate of drug-likeness (QED) is 0.703. The number of anilines is 1. The van der Waals surface area contributed by atoms with Crippen LogP contribution in [0.4, 0.5) is 5.69 Å². The van der Waals surface area contributed by atoms with Crippen LogP contribution >= 0.6 is 11.8 Å². The van der Waals surface area contributed by atoms with E-state index in [0.717, 1.165) is 0 Å². The zero-order chi connectivity index (χ0) is 15.1. The molecular formula is C13H16N2O4S. The maximum absolute atomic E-state index is 11.8. The number of thioether (sulfide) groups is 1. The third-order valence-corrected chi connectivity index (χ3v) is 3.64. The average Bonchev–Trinajstić information content (AvgIpc) is 2.38. The van der Waals surface area contributed by atoms with Gasteiger partial charge in [-0.25, -0.2) is 0 Å². The van der Waals surface area contributed by atoms with Crippen LogP contribution in [0.2, 0.25) is 0 Å². The molecule has 0 aliphatic rings. The Kier molecular flexibility index (Phi) is 6.05. The molecule has 0 unspecified atom stereocenters. The molecule has 20 heavy (non-hydrogen) atoms. The van der Waals surface area contributed by atoms with Gasteiger partial charge in [-0.3, -0.25) is 14.4 Å². The SMILES string of the molecule is C[C@@H](SCCC(=O)O)C(=O)Nc1ccc(C(N)=O)cc1. The lowest BCUT2D eigenvalue weighted by molar-refractivity contribution is -0.136. The topological polar surface area (TPSA) is 109 Å². The normalized spacial score (nSPS) is 11.7. The number of nitrogens with two attached hydrogens (primary N) is 1. The first-order valence-corrected chi connectivity index (χ1v) is 6.99. The van der Waals surface area contributed by atoms with E-state index in [2.05, 4.69) is 5.32 Å². The molecule has 1 aromatic rings. The summed E-state index contributed by atoms with van der Waals surface area (Å²) in [6, 6.07) is 6.24. The minimum Gasteiger partial charge on any atom is -0.481 e. The van der Waals surface area contributed by atoms with Crippen LogP contribution in [0, 0.1) is 0 Å². The van der Waals surface area contributed by atoms with Crippen molar-refractivity contribution in [2.75, 3.05) is 11.1 Å². The molecule has 0 aliphatic heterocycles. The average molecular weight is 296 g/mol. The van der Waals surface area contributed by atoms with Crippen LogP contribution in [0.25, 0.3) is 0 Å². The number of rotatable bonds is 7. The predicted octanol–water partition coefficient (Wildman–Crippen LogP) is 1.32. The number of nitrogens with one attached hydrogen (secondary N) is 1. The fourth-order valence-electron chi connectivity index (χ4n) is 1.36. The highest BCUT2D eigenvalue weighted by Gasteiger charge is 2.14. The van der Waals surface area contributed by atoms with Crippen molar-refractivity contribution >= 4 is 35.2 Å². The lowest BCUT2D eigenvalue weighted by atomic mass is 10.2. The number of aliphatic carboxylic acids is 1. The van der Waals surface area contributed by atoms with Gasteiger partial charge in [0.25, 0.3) is 0 Å². The van der Waals surface area contributed by atoms with Gasteiger partial charge >= 0.3 is 5.97 Å².